The minimum absolute atomic E-state index is 0.917. The van der Waals surface area contributed by atoms with Gasteiger partial charge in [-0.25, -0.2) is 0 Å². The van der Waals surface area contributed by atoms with Crippen molar-refractivity contribution >= 4 is 8.32 Å². The first kappa shape index (κ1) is 6.86. The maximum Gasteiger partial charge on any atom is 0.186 e. The Morgan fingerprint density at radius 1 is 1.20 bits per heavy atom. The Labute approximate surface area is 63.6 Å². The van der Waals surface area contributed by atoms with Crippen molar-refractivity contribution in [1.29, 1.82) is 0 Å². The van der Waals surface area contributed by atoms with Crippen LogP contribution in [0.1, 0.15) is 19.3 Å². The van der Waals surface area contributed by atoms with Crippen LogP contribution in [-0.4, -0.2) is 13.1 Å². The summed E-state index contributed by atoms with van der Waals surface area (Å²) in [5.41, 5.74) is 0. The molecule has 2 unspecified atom stereocenters. The molecule has 1 saturated heterocycles. The molecule has 0 aromatic rings. The average molecular weight is 156 g/mol. The van der Waals surface area contributed by atoms with Crippen molar-refractivity contribution in [3.8, 4) is 0 Å². The molecule has 0 amide bonds. The fraction of sp³-hybridized carbons (Fsp3) is 1.00. The molecule has 58 valence electrons. The van der Waals surface area contributed by atoms with Gasteiger partial charge in [-0.3, -0.25) is 0 Å². The molecule has 0 aromatic heterocycles. The Hall–Kier alpha value is 0.177. The smallest absolute Gasteiger partial charge is 0.186 e. The van der Waals surface area contributed by atoms with E-state index in [9.17, 15) is 4.80 Å². The zero-order valence-electron chi connectivity index (χ0n) is 6.64. The summed E-state index contributed by atoms with van der Waals surface area (Å²) in [5, 5.41) is 0. The molecule has 2 fully saturated rings. The van der Waals surface area contributed by atoms with Crippen molar-refractivity contribution < 1.29 is 4.80 Å². The lowest BCUT2D eigenvalue weighted by Gasteiger charge is -2.30. The Morgan fingerprint density at radius 2 is 1.70 bits per heavy atom. The van der Waals surface area contributed by atoms with E-state index in [-0.39, 0.29) is 0 Å². The third-order valence-electron chi connectivity index (χ3n) is 3.11. The van der Waals surface area contributed by atoms with Gasteiger partial charge in [-0.2, -0.15) is 0 Å². The van der Waals surface area contributed by atoms with Crippen molar-refractivity contribution in [2.24, 2.45) is 11.8 Å². The molecule has 1 nitrogen and oxygen atoms in total. The van der Waals surface area contributed by atoms with E-state index in [1.54, 1.807) is 0 Å². The molecule has 10 heavy (non-hydrogen) atoms. The van der Waals surface area contributed by atoms with Crippen LogP contribution in [0.3, 0.4) is 0 Å². The number of fused-ring (bicyclic) bond motifs is 2. The molecule has 0 radical (unpaired) electrons. The predicted molar refractivity (Wildman–Crippen MR) is 44.3 cm³/mol. The van der Waals surface area contributed by atoms with E-state index < -0.39 is 8.32 Å². The summed E-state index contributed by atoms with van der Waals surface area (Å²) in [4.78, 5) is 9.89. The first-order valence-corrected chi connectivity index (χ1v) is 7.24. The quantitative estimate of drug-likeness (QED) is 0.532. The van der Waals surface area contributed by atoms with Gasteiger partial charge in [-0.1, -0.05) is 12.8 Å². The first-order chi connectivity index (χ1) is 4.66. The second kappa shape index (κ2) is 2.08. The second-order valence-electron chi connectivity index (χ2n) is 4.45. The highest BCUT2D eigenvalue weighted by molar-refractivity contribution is 6.71. The van der Waals surface area contributed by atoms with Crippen molar-refractivity contribution in [2.75, 3.05) is 0 Å². The predicted octanol–water partition coefficient (Wildman–Crippen LogP) is 1.98. The highest BCUT2D eigenvalue weighted by Crippen LogP contribution is 2.45. The van der Waals surface area contributed by atoms with Gasteiger partial charge in [-0.15, -0.1) is 0 Å². The van der Waals surface area contributed by atoms with Crippen LogP contribution in [0.4, 0.5) is 0 Å². The Bertz CT molecular complexity index is 130. The van der Waals surface area contributed by atoms with Gasteiger partial charge in [0.1, 0.15) is 0 Å². The van der Waals surface area contributed by atoms with Crippen LogP contribution in [0.2, 0.25) is 18.6 Å². The monoisotopic (exact) mass is 156 g/mol. The van der Waals surface area contributed by atoms with Gasteiger partial charge in [0.2, 0.25) is 0 Å². The molecule has 2 aliphatic rings. The lowest BCUT2D eigenvalue weighted by Crippen LogP contribution is -2.36. The van der Waals surface area contributed by atoms with Gasteiger partial charge in [0.05, 0.1) is 0 Å². The van der Waals surface area contributed by atoms with Gasteiger partial charge in [-0.05, 0) is 36.9 Å². The third-order valence-corrected chi connectivity index (χ3v) is 6.02. The van der Waals surface area contributed by atoms with E-state index in [2.05, 4.69) is 6.55 Å². The van der Waals surface area contributed by atoms with Crippen LogP contribution in [0.5, 0.6) is 0 Å². The molecule has 0 aromatic carbocycles. The van der Waals surface area contributed by atoms with E-state index in [0.29, 0.717) is 0 Å². The summed E-state index contributed by atoms with van der Waals surface area (Å²) in [6.07, 6.45) is 4.25. The molecule has 1 N–H and O–H groups in total. The molecule has 2 heteroatoms. The van der Waals surface area contributed by atoms with Gasteiger partial charge in [0.15, 0.2) is 8.32 Å². The Morgan fingerprint density at radius 3 is 2.20 bits per heavy atom. The minimum Gasteiger partial charge on any atom is -0.432 e. The molecular formula is C8H16OSi. The van der Waals surface area contributed by atoms with E-state index >= 15 is 0 Å². The maximum absolute atomic E-state index is 9.89. The molecule has 2 atom stereocenters. The zero-order valence-corrected chi connectivity index (χ0v) is 7.64. The number of rotatable bonds is 0. The van der Waals surface area contributed by atoms with Crippen LogP contribution in [-0.2, 0) is 0 Å². The van der Waals surface area contributed by atoms with Crippen LogP contribution in [0, 0.1) is 11.8 Å². The maximum atomic E-state index is 9.89. The lowest BCUT2D eigenvalue weighted by molar-refractivity contribution is 0.432. The molecule has 1 aliphatic heterocycles. The van der Waals surface area contributed by atoms with Gasteiger partial charge >= 0.3 is 0 Å². The molecular weight excluding hydrogens is 140 g/mol. The molecule has 1 saturated carbocycles. The topological polar surface area (TPSA) is 20.2 Å². The summed E-state index contributed by atoms with van der Waals surface area (Å²) in [6.45, 7) is 2.14. The van der Waals surface area contributed by atoms with E-state index in [4.69, 9.17) is 0 Å². The van der Waals surface area contributed by atoms with E-state index in [1.807, 2.05) is 0 Å². The minimum atomic E-state index is -1.65. The molecule has 0 spiro atoms. The lowest BCUT2D eigenvalue weighted by atomic mass is 10.1. The molecule has 2 rings (SSSR count). The first-order valence-electron chi connectivity index (χ1n) is 4.38. The molecule has 2 bridgehead atoms. The fourth-order valence-corrected chi connectivity index (χ4v) is 6.27. The summed E-state index contributed by atoms with van der Waals surface area (Å²) in [5.74, 6) is 1.83. The third kappa shape index (κ3) is 1.15. The number of hydrogen-bond acceptors (Lipinski definition) is 1. The molecule has 1 heterocycles. The largest absolute Gasteiger partial charge is 0.432 e. The van der Waals surface area contributed by atoms with Gasteiger partial charge in [0, 0.05) is 0 Å². The Kier molecular flexibility index (Phi) is 1.43. The van der Waals surface area contributed by atoms with Crippen LogP contribution < -0.4 is 0 Å². The molecule has 1 aliphatic carbocycles. The number of hydrogen-bond donors (Lipinski definition) is 1. The summed E-state index contributed by atoms with van der Waals surface area (Å²) in [6, 6.07) is 2.40. The van der Waals surface area contributed by atoms with E-state index in [1.165, 1.54) is 31.4 Å². The van der Waals surface area contributed by atoms with Crippen LogP contribution >= 0.6 is 0 Å². The highest BCUT2D eigenvalue weighted by Gasteiger charge is 2.41. The standard InChI is InChI=1S/C8H16OSi/c1-10(9)5-7-2-3-8(4-7)6-10/h7-9H,2-6H2,1H3. The SMILES string of the molecule is C[Si]1(O)CC2CCC(C2)C1. The highest BCUT2D eigenvalue weighted by atomic mass is 28.4. The fourth-order valence-electron chi connectivity index (χ4n) is 2.88. The van der Waals surface area contributed by atoms with Crippen molar-refractivity contribution in [1.82, 2.24) is 0 Å². The zero-order chi connectivity index (χ0) is 7.19. The van der Waals surface area contributed by atoms with Gasteiger partial charge in [0.25, 0.3) is 0 Å². The van der Waals surface area contributed by atoms with Crippen LogP contribution in [0.15, 0.2) is 0 Å². The van der Waals surface area contributed by atoms with E-state index in [0.717, 1.165) is 11.8 Å². The Balaban J connectivity index is 2.09. The van der Waals surface area contributed by atoms with Crippen molar-refractivity contribution in [3.63, 3.8) is 0 Å². The van der Waals surface area contributed by atoms with Crippen molar-refractivity contribution in [2.45, 2.75) is 37.9 Å². The summed E-state index contributed by atoms with van der Waals surface area (Å²) < 4.78 is 0. The van der Waals surface area contributed by atoms with Crippen LogP contribution in [0.25, 0.3) is 0 Å². The second-order valence-corrected chi connectivity index (χ2v) is 8.26. The normalized spacial score (nSPS) is 53.4. The summed E-state index contributed by atoms with van der Waals surface area (Å²) in [7, 11) is -1.65. The average Bonchev–Trinajstić information content (AvgIpc) is 2.08. The van der Waals surface area contributed by atoms with Crippen molar-refractivity contribution in [3.05, 3.63) is 0 Å². The van der Waals surface area contributed by atoms with Gasteiger partial charge < -0.3 is 4.80 Å². The summed E-state index contributed by atoms with van der Waals surface area (Å²) >= 11 is 0.